The molecule has 32 heavy (non-hydrogen) atoms. The number of amides is 1. The highest BCUT2D eigenvalue weighted by atomic mass is 127. The minimum Gasteiger partial charge on any atom is -0.444 e. The molecule has 0 spiro atoms. The van der Waals surface area contributed by atoms with Crippen LogP contribution in [0.2, 0.25) is 0 Å². The molecule has 188 valence electrons. The molecular weight excluding hydrogens is 523 g/mol. The van der Waals surface area contributed by atoms with Gasteiger partial charge in [0.25, 0.3) is 0 Å². The van der Waals surface area contributed by atoms with Gasteiger partial charge in [0.1, 0.15) is 5.60 Å². The summed E-state index contributed by atoms with van der Waals surface area (Å²) in [5.41, 5.74) is -0.478. The average molecular weight is 569 g/mol. The zero-order valence-electron chi connectivity index (χ0n) is 20.9. The van der Waals surface area contributed by atoms with Crippen LogP contribution in [0.5, 0.6) is 0 Å². The maximum absolute atomic E-state index is 12.2. The molecule has 0 saturated carbocycles. The van der Waals surface area contributed by atoms with E-state index < -0.39 is 5.60 Å². The fourth-order valence-electron chi connectivity index (χ4n) is 3.96. The topological polar surface area (TPSA) is 75.6 Å². The third kappa shape index (κ3) is 10.9. The van der Waals surface area contributed by atoms with Crippen molar-refractivity contribution >= 4 is 36.0 Å². The molecule has 2 atom stereocenters. The van der Waals surface area contributed by atoms with Crippen LogP contribution in [0.1, 0.15) is 59.8 Å². The molecule has 2 unspecified atom stereocenters. The van der Waals surface area contributed by atoms with Crippen molar-refractivity contribution in [3.63, 3.8) is 0 Å². The molecule has 1 amide bonds. The highest BCUT2D eigenvalue weighted by molar-refractivity contribution is 14.0. The second-order valence-corrected chi connectivity index (χ2v) is 9.90. The molecule has 2 fully saturated rings. The van der Waals surface area contributed by atoms with Crippen molar-refractivity contribution in [1.82, 2.24) is 15.1 Å². The lowest BCUT2D eigenvalue weighted by molar-refractivity contribution is -0.0721. The van der Waals surface area contributed by atoms with Crippen molar-refractivity contribution in [3.05, 3.63) is 0 Å². The number of hydrogen-bond acceptors (Lipinski definition) is 5. The number of hydrogen-bond donors (Lipinski definition) is 1. The van der Waals surface area contributed by atoms with Gasteiger partial charge in [-0.2, -0.15) is 0 Å². The summed E-state index contributed by atoms with van der Waals surface area (Å²) in [6.07, 6.45) is 5.86. The van der Waals surface area contributed by atoms with Gasteiger partial charge in [0.05, 0.1) is 18.8 Å². The van der Waals surface area contributed by atoms with Crippen LogP contribution in [0.15, 0.2) is 4.99 Å². The normalized spacial score (nSPS) is 21.5. The van der Waals surface area contributed by atoms with Crippen molar-refractivity contribution in [2.75, 3.05) is 53.5 Å². The number of rotatable bonds is 7. The summed E-state index contributed by atoms with van der Waals surface area (Å²) in [5, 5.41) is 3.47. The number of carbonyl (C=O) groups is 1. The molecule has 0 bridgehead atoms. The predicted molar refractivity (Wildman–Crippen MR) is 139 cm³/mol. The van der Waals surface area contributed by atoms with Crippen LogP contribution in [0.3, 0.4) is 0 Å². The molecule has 9 heteroatoms. The van der Waals surface area contributed by atoms with Gasteiger partial charge in [-0.15, -0.1) is 24.0 Å². The van der Waals surface area contributed by atoms with E-state index in [1.165, 1.54) is 12.8 Å². The van der Waals surface area contributed by atoms with Gasteiger partial charge < -0.3 is 29.3 Å². The van der Waals surface area contributed by atoms with Crippen LogP contribution in [0.25, 0.3) is 0 Å². The van der Waals surface area contributed by atoms with Crippen molar-refractivity contribution in [2.24, 2.45) is 10.9 Å². The molecule has 0 radical (unpaired) electrons. The molecule has 0 aliphatic carbocycles. The van der Waals surface area contributed by atoms with E-state index in [2.05, 4.69) is 22.1 Å². The Hall–Kier alpha value is -0.810. The van der Waals surface area contributed by atoms with Crippen molar-refractivity contribution in [3.8, 4) is 0 Å². The van der Waals surface area contributed by atoms with Crippen LogP contribution in [-0.4, -0.2) is 93.1 Å². The molecule has 1 N–H and O–H groups in total. The molecule has 0 aromatic heterocycles. The van der Waals surface area contributed by atoms with E-state index in [4.69, 9.17) is 14.2 Å². The lowest BCUT2D eigenvalue weighted by Crippen LogP contribution is -2.48. The third-order valence-corrected chi connectivity index (χ3v) is 5.64. The Labute approximate surface area is 211 Å². The van der Waals surface area contributed by atoms with Gasteiger partial charge in [-0.05, 0) is 58.8 Å². The highest BCUT2D eigenvalue weighted by Gasteiger charge is 2.25. The van der Waals surface area contributed by atoms with Crippen molar-refractivity contribution < 1.29 is 19.0 Å². The number of ether oxygens (including phenoxy) is 3. The molecule has 2 heterocycles. The number of carbonyl (C=O) groups excluding carboxylic acids is 1. The van der Waals surface area contributed by atoms with Crippen LogP contribution < -0.4 is 5.32 Å². The van der Waals surface area contributed by atoms with Crippen LogP contribution >= 0.6 is 24.0 Å². The monoisotopic (exact) mass is 568 g/mol. The smallest absolute Gasteiger partial charge is 0.410 e. The van der Waals surface area contributed by atoms with Crippen LogP contribution in [0, 0.1) is 5.92 Å². The molecule has 2 rings (SSSR count). The summed E-state index contributed by atoms with van der Waals surface area (Å²) >= 11 is 0. The van der Waals surface area contributed by atoms with Gasteiger partial charge >= 0.3 is 6.09 Å². The third-order valence-electron chi connectivity index (χ3n) is 5.64. The first-order valence-electron chi connectivity index (χ1n) is 11.8. The van der Waals surface area contributed by atoms with E-state index in [0.29, 0.717) is 12.6 Å². The first-order valence-corrected chi connectivity index (χ1v) is 11.8. The first-order chi connectivity index (χ1) is 14.7. The summed E-state index contributed by atoms with van der Waals surface area (Å²) in [6.45, 7) is 12.6. The van der Waals surface area contributed by atoms with E-state index in [0.717, 1.165) is 58.1 Å². The molecular formula is C23H45IN4O4. The average Bonchev–Trinajstić information content (AvgIpc) is 2.73. The molecule has 0 aromatic carbocycles. The van der Waals surface area contributed by atoms with Gasteiger partial charge in [-0.1, -0.05) is 6.92 Å². The van der Waals surface area contributed by atoms with Gasteiger partial charge in [0.15, 0.2) is 5.96 Å². The fraction of sp³-hybridized carbons (Fsp3) is 0.913. The van der Waals surface area contributed by atoms with E-state index in [1.807, 2.05) is 27.8 Å². The number of aliphatic imine (C=N–C) groups is 1. The maximum atomic E-state index is 12.2. The second-order valence-electron chi connectivity index (χ2n) is 9.90. The summed E-state index contributed by atoms with van der Waals surface area (Å²) in [7, 11) is 3.60. The zero-order chi connectivity index (χ0) is 22.9. The predicted octanol–water partition coefficient (Wildman–Crippen LogP) is 3.73. The summed E-state index contributed by atoms with van der Waals surface area (Å²) in [4.78, 5) is 20.5. The largest absolute Gasteiger partial charge is 0.444 e. The number of nitrogens with zero attached hydrogens (tertiary/aromatic N) is 3. The van der Waals surface area contributed by atoms with Crippen LogP contribution in [-0.2, 0) is 14.2 Å². The lowest BCUT2D eigenvalue weighted by atomic mass is 10.1. The minimum absolute atomic E-state index is 0. The van der Waals surface area contributed by atoms with Crippen molar-refractivity contribution in [2.45, 2.75) is 77.6 Å². The van der Waals surface area contributed by atoms with Gasteiger partial charge in [-0.25, -0.2) is 4.79 Å². The van der Waals surface area contributed by atoms with Gasteiger partial charge in [0, 0.05) is 46.9 Å². The Balaban J connectivity index is 0.00000512. The molecule has 2 saturated heterocycles. The number of likely N-dealkylation sites (tertiary alicyclic amines) is 1. The Kier molecular flexibility index (Phi) is 13.2. The molecule has 0 aromatic rings. The first kappa shape index (κ1) is 29.2. The van der Waals surface area contributed by atoms with E-state index in [1.54, 1.807) is 11.9 Å². The fourth-order valence-corrected chi connectivity index (χ4v) is 3.96. The van der Waals surface area contributed by atoms with Gasteiger partial charge in [-0.3, -0.25) is 4.99 Å². The SMILES string of the molecule is CN=C(NCC(C)CN(C)C(=O)OC(C)(C)C)N1CCC(OCC2CCCCO2)CC1.I. The van der Waals surface area contributed by atoms with E-state index in [-0.39, 0.29) is 42.1 Å². The Morgan fingerprint density at radius 1 is 1.25 bits per heavy atom. The number of nitrogens with one attached hydrogen (secondary N) is 1. The quantitative estimate of drug-likeness (QED) is 0.287. The number of piperidine rings is 1. The van der Waals surface area contributed by atoms with Gasteiger partial charge in [0.2, 0.25) is 0 Å². The standard InChI is InChI=1S/C23H44N4O4.HI/c1-18(16-26(6)22(28)31-23(2,3)4)15-25-21(24-5)27-12-10-19(11-13-27)30-17-20-9-7-8-14-29-20;/h18-20H,7-17H2,1-6H3,(H,24,25);1H. The zero-order valence-corrected chi connectivity index (χ0v) is 23.2. The Morgan fingerprint density at radius 2 is 1.94 bits per heavy atom. The lowest BCUT2D eigenvalue weighted by Gasteiger charge is -2.35. The molecule has 2 aliphatic heterocycles. The van der Waals surface area contributed by atoms with E-state index >= 15 is 0 Å². The van der Waals surface area contributed by atoms with Crippen LogP contribution in [0.4, 0.5) is 4.79 Å². The van der Waals surface area contributed by atoms with Crippen molar-refractivity contribution in [1.29, 1.82) is 0 Å². The Morgan fingerprint density at radius 3 is 2.50 bits per heavy atom. The summed E-state index contributed by atoms with van der Waals surface area (Å²) in [5.74, 6) is 1.19. The molecule has 8 nitrogen and oxygen atoms in total. The minimum atomic E-state index is -0.478. The summed E-state index contributed by atoms with van der Waals surface area (Å²) < 4.78 is 17.3. The highest BCUT2D eigenvalue weighted by Crippen LogP contribution is 2.18. The number of guanidine groups is 1. The summed E-state index contributed by atoms with van der Waals surface area (Å²) in [6, 6.07) is 0. The Bertz CT molecular complexity index is 571. The number of halogens is 1. The van der Waals surface area contributed by atoms with E-state index in [9.17, 15) is 4.79 Å². The maximum Gasteiger partial charge on any atom is 0.410 e. The second kappa shape index (κ2) is 14.5. The molecule has 2 aliphatic rings.